The average molecular weight is 375 g/mol. The second-order valence-electron chi connectivity index (χ2n) is 6.50. The lowest BCUT2D eigenvalue weighted by atomic mass is 9.88. The maximum absolute atomic E-state index is 11.0. The summed E-state index contributed by atoms with van der Waals surface area (Å²) in [6, 6.07) is 25.8. The van der Waals surface area contributed by atoms with E-state index >= 15 is 0 Å². The molecule has 0 N–H and O–H groups in total. The summed E-state index contributed by atoms with van der Waals surface area (Å²) in [7, 11) is 0. The highest BCUT2D eigenvalue weighted by Crippen LogP contribution is 2.40. The van der Waals surface area contributed by atoms with Crippen LogP contribution in [0.5, 0.6) is 0 Å². The average Bonchev–Trinajstić information content (AvgIpc) is 3.03. The molecule has 3 aromatic carbocycles. The predicted molar refractivity (Wildman–Crippen MR) is 99.5 cm³/mol. The van der Waals surface area contributed by atoms with Crippen LogP contribution in [0.2, 0.25) is 0 Å². The summed E-state index contributed by atoms with van der Waals surface area (Å²) in [5.41, 5.74) is 4.77. The fraction of sp³-hybridized carbons (Fsp3) is 0.0455. The van der Waals surface area contributed by atoms with E-state index in [-0.39, 0.29) is 28.9 Å². The first kappa shape index (κ1) is 17.2. The fourth-order valence-electron chi connectivity index (χ4n) is 3.97. The third kappa shape index (κ3) is 2.57. The first-order chi connectivity index (χ1) is 12.7. The molecule has 0 aliphatic carbocycles. The maximum Gasteiger partial charge on any atom is 0.269 e. The Morgan fingerprint density at radius 3 is 2.33 bits per heavy atom. The molecule has 1 unspecified atom stereocenters. The highest BCUT2D eigenvalue weighted by atomic mass is 35.5. The van der Waals surface area contributed by atoms with E-state index in [1.807, 2.05) is 30.3 Å². The van der Waals surface area contributed by atoms with Gasteiger partial charge in [-0.2, -0.15) is 4.57 Å². The number of hydrogen-bond donors (Lipinski definition) is 0. The van der Waals surface area contributed by atoms with E-state index in [9.17, 15) is 10.1 Å². The quantitative estimate of drug-likeness (QED) is 0.267. The van der Waals surface area contributed by atoms with Crippen molar-refractivity contribution in [3.63, 3.8) is 0 Å². The van der Waals surface area contributed by atoms with Gasteiger partial charge in [0.15, 0.2) is 6.20 Å². The Hall–Kier alpha value is -3.24. The molecule has 0 spiro atoms. The van der Waals surface area contributed by atoms with Gasteiger partial charge in [-0.25, -0.2) is 0 Å². The van der Waals surface area contributed by atoms with Gasteiger partial charge in [0.1, 0.15) is 5.92 Å². The van der Waals surface area contributed by atoms with Crippen LogP contribution in [0.3, 0.4) is 0 Å². The zero-order valence-corrected chi connectivity index (χ0v) is 15.0. The molecule has 5 rings (SSSR count). The number of fused-ring (bicyclic) bond motifs is 5. The highest BCUT2D eigenvalue weighted by Gasteiger charge is 2.39. The standard InChI is InChI=1S/C22H15N2O2.ClH/c25-24(26)17-11-9-16(10-12-17)21-19-7-3-4-8-20(19)23-14-13-15-5-1-2-6-18(15)22(21)23;/h1-14,21H;1H/q+1;/p-1. The van der Waals surface area contributed by atoms with E-state index < -0.39 is 0 Å². The molecule has 4 aromatic rings. The summed E-state index contributed by atoms with van der Waals surface area (Å²) in [5.74, 6) is 0.0538. The molecular weight excluding hydrogens is 360 g/mol. The summed E-state index contributed by atoms with van der Waals surface area (Å²) in [5, 5.41) is 13.4. The Morgan fingerprint density at radius 2 is 1.56 bits per heavy atom. The van der Waals surface area contributed by atoms with Crippen molar-refractivity contribution in [3.05, 3.63) is 112 Å². The van der Waals surface area contributed by atoms with Crippen molar-refractivity contribution >= 4 is 16.5 Å². The minimum absolute atomic E-state index is 0. The molecule has 0 saturated heterocycles. The van der Waals surface area contributed by atoms with E-state index in [1.165, 1.54) is 22.0 Å². The molecule has 0 bridgehead atoms. The molecular formula is C22H15ClN2O2. The van der Waals surface area contributed by atoms with Crippen LogP contribution in [0.15, 0.2) is 85.1 Å². The number of hydrogen-bond acceptors (Lipinski definition) is 2. The van der Waals surface area contributed by atoms with Crippen molar-refractivity contribution in [1.29, 1.82) is 0 Å². The van der Waals surface area contributed by atoms with Gasteiger partial charge in [-0.05, 0) is 17.0 Å². The summed E-state index contributed by atoms with van der Waals surface area (Å²) in [4.78, 5) is 10.6. The zero-order chi connectivity index (χ0) is 17.7. The van der Waals surface area contributed by atoms with Gasteiger partial charge in [0, 0.05) is 29.8 Å². The maximum atomic E-state index is 11.0. The number of non-ortho nitro benzene ring substituents is 1. The number of nitro benzene ring substituents is 1. The summed E-state index contributed by atoms with van der Waals surface area (Å²) in [6.07, 6.45) is 2.11. The summed E-state index contributed by atoms with van der Waals surface area (Å²) >= 11 is 0. The van der Waals surface area contributed by atoms with Crippen molar-refractivity contribution in [1.82, 2.24) is 0 Å². The van der Waals surface area contributed by atoms with Crippen LogP contribution in [-0.4, -0.2) is 4.92 Å². The number of pyridine rings is 1. The molecule has 1 aliphatic rings. The molecule has 5 heteroatoms. The topological polar surface area (TPSA) is 47.0 Å². The number of para-hydroxylation sites is 1. The van der Waals surface area contributed by atoms with Gasteiger partial charge in [-0.1, -0.05) is 48.5 Å². The first-order valence-electron chi connectivity index (χ1n) is 8.51. The largest absolute Gasteiger partial charge is 1.00 e. The van der Waals surface area contributed by atoms with Crippen LogP contribution in [0, 0.1) is 10.1 Å². The molecule has 0 saturated carbocycles. The van der Waals surface area contributed by atoms with Gasteiger partial charge in [-0.15, -0.1) is 0 Å². The van der Waals surface area contributed by atoms with E-state index in [0.29, 0.717) is 0 Å². The third-order valence-corrected chi connectivity index (χ3v) is 5.12. The molecule has 4 nitrogen and oxygen atoms in total. The Kier molecular flexibility index (Phi) is 4.13. The van der Waals surface area contributed by atoms with Gasteiger partial charge in [-0.3, -0.25) is 10.1 Å². The summed E-state index contributed by atoms with van der Waals surface area (Å²) < 4.78 is 2.24. The van der Waals surface area contributed by atoms with Crippen molar-refractivity contribution in [2.45, 2.75) is 5.92 Å². The van der Waals surface area contributed by atoms with Crippen molar-refractivity contribution in [2.24, 2.45) is 0 Å². The monoisotopic (exact) mass is 374 g/mol. The molecule has 0 fully saturated rings. The minimum atomic E-state index is -0.357. The normalized spacial score (nSPS) is 14.3. The fourth-order valence-corrected chi connectivity index (χ4v) is 3.97. The second-order valence-corrected chi connectivity index (χ2v) is 6.50. The number of aromatic nitrogens is 1. The molecule has 0 radical (unpaired) electrons. The Balaban J connectivity index is 0.00000180. The Labute approximate surface area is 162 Å². The van der Waals surface area contributed by atoms with E-state index in [1.54, 1.807) is 12.1 Å². The van der Waals surface area contributed by atoms with Crippen LogP contribution >= 0.6 is 0 Å². The van der Waals surface area contributed by atoms with Gasteiger partial charge in [0.05, 0.1) is 10.3 Å². The molecule has 27 heavy (non-hydrogen) atoms. The van der Waals surface area contributed by atoms with Crippen LogP contribution in [-0.2, 0) is 0 Å². The van der Waals surface area contributed by atoms with Gasteiger partial charge in [0.2, 0.25) is 11.4 Å². The smallest absolute Gasteiger partial charge is 0.269 e. The van der Waals surface area contributed by atoms with Gasteiger partial charge in [0.25, 0.3) is 5.69 Å². The molecule has 1 atom stereocenters. The molecule has 1 aliphatic heterocycles. The molecule has 0 amide bonds. The van der Waals surface area contributed by atoms with Crippen LogP contribution in [0.1, 0.15) is 22.7 Å². The predicted octanol–water partition coefficient (Wildman–Crippen LogP) is 1.52. The van der Waals surface area contributed by atoms with Crippen molar-refractivity contribution in [3.8, 4) is 5.69 Å². The van der Waals surface area contributed by atoms with E-state index in [4.69, 9.17) is 0 Å². The van der Waals surface area contributed by atoms with Crippen LogP contribution in [0.25, 0.3) is 16.5 Å². The lowest BCUT2D eigenvalue weighted by molar-refractivity contribution is -0.596. The third-order valence-electron chi connectivity index (χ3n) is 5.12. The SMILES string of the molecule is O=[N+]([O-])c1ccc(C2c3ccccc3-[n+]3ccc4ccccc4c32)cc1.[Cl-]. The van der Waals surface area contributed by atoms with Gasteiger partial charge >= 0.3 is 0 Å². The number of nitro groups is 1. The van der Waals surface area contributed by atoms with E-state index in [2.05, 4.69) is 47.2 Å². The number of halogens is 1. The Morgan fingerprint density at radius 1 is 0.852 bits per heavy atom. The van der Waals surface area contributed by atoms with Crippen molar-refractivity contribution < 1.29 is 21.9 Å². The van der Waals surface area contributed by atoms with Crippen LogP contribution < -0.4 is 17.0 Å². The second kappa shape index (κ2) is 6.49. The molecule has 2 heterocycles. The number of benzene rings is 3. The minimum Gasteiger partial charge on any atom is -1.00 e. The number of rotatable bonds is 2. The number of nitrogens with zero attached hydrogens (tertiary/aromatic N) is 2. The molecule has 132 valence electrons. The zero-order valence-electron chi connectivity index (χ0n) is 14.2. The van der Waals surface area contributed by atoms with Crippen LogP contribution in [0.4, 0.5) is 5.69 Å². The lowest BCUT2D eigenvalue weighted by Crippen LogP contribution is -3.00. The van der Waals surface area contributed by atoms with Crippen molar-refractivity contribution in [2.75, 3.05) is 0 Å². The van der Waals surface area contributed by atoms with E-state index in [0.717, 1.165) is 11.3 Å². The Bertz CT molecular complexity index is 1170. The summed E-state index contributed by atoms with van der Waals surface area (Å²) in [6.45, 7) is 0. The molecule has 1 aromatic heterocycles. The van der Waals surface area contributed by atoms with Gasteiger partial charge < -0.3 is 12.4 Å². The highest BCUT2D eigenvalue weighted by molar-refractivity contribution is 5.85. The lowest BCUT2D eigenvalue weighted by Gasteiger charge is -2.10. The first-order valence-corrected chi connectivity index (χ1v) is 8.51.